The maximum atomic E-state index is 13.0. The Morgan fingerprint density at radius 1 is 1.24 bits per heavy atom. The van der Waals surface area contributed by atoms with Crippen molar-refractivity contribution in [3.8, 4) is 5.69 Å². The topological polar surface area (TPSA) is 63.9 Å². The van der Waals surface area contributed by atoms with E-state index >= 15 is 0 Å². The zero-order valence-electron chi connectivity index (χ0n) is 13.6. The SMILES string of the molecule is CN(C)Cc1nncn1-c1c(Br)cc(Br)cc1C(=O)c1ccccn1. The number of aromatic nitrogens is 4. The van der Waals surface area contributed by atoms with Gasteiger partial charge in [-0.15, -0.1) is 10.2 Å². The van der Waals surface area contributed by atoms with E-state index in [-0.39, 0.29) is 5.78 Å². The van der Waals surface area contributed by atoms with Crippen LogP contribution in [-0.2, 0) is 6.54 Å². The van der Waals surface area contributed by atoms with Crippen LogP contribution in [0.15, 0.2) is 51.8 Å². The molecule has 128 valence electrons. The largest absolute Gasteiger partial charge is 0.302 e. The van der Waals surface area contributed by atoms with Crippen LogP contribution in [0.4, 0.5) is 0 Å². The lowest BCUT2D eigenvalue weighted by molar-refractivity contribution is 0.103. The van der Waals surface area contributed by atoms with E-state index in [1.807, 2.05) is 29.6 Å². The van der Waals surface area contributed by atoms with Gasteiger partial charge in [-0.05, 0) is 54.3 Å². The summed E-state index contributed by atoms with van der Waals surface area (Å²) in [4.78, 5) is 19.2. The summed E-state index contributed by atoms with van der Waals surface area (Å²) in [5.41, 5.74) is 1.59. The van der Waals surface area contributed by atoms with Crippen LogP contribution in [0.5, 0.6) is 0 Å². The molecule has 8 heteroatoms. The summed E-state index contributed by atoms with van der Waals surface area (Å²) < 4.78 is 3.39. The first-order valence-electron chi connectivity index (χ1n) is 7.46. The highest BCUT2D eigenvalue weighted by Gasteiger charge is 2.21. The molecule has 3 rings (SSSR count). The van der Waals surface area contributed by atoms with Gasteiger partial charge in [0.15, 0.2) is 5.82 Å². The average Bonchev–Trinajstić information content (AvgIpc) is 3.01. The van der Waals surface area contributed by atoms with Crippen molar-refractivity contribution in [1.29, 1.82) is 0 Å². The van der Waals surface area contributed by atoms with Crippen molar-refractivity contribution in [2.24, 2.45) is 0 Å². The highest BCUT2D eigenvalue weighted by atomic mass is 79.9. The van der Waals surface area contributed by atoms with Crippen LogP contribution in [0, 0.1) is 0 Å². The number of carbonyl (C=O) groups excluding carboxylic acids is 1. The molecule has 0 saturated carbocycles. The van der Waals surface area contributed by atoms with Gasteiger partial charge in [-0.3, -0.25) is 14.3 Å². The van der Waals surface area contributed by atoms with Gasteiger partial charge in [0.05, 0.1) is 17.8 Å². The Morgan fingerprint density at radius 2 is 2.04 bits per heavy atom. The minimum Gasteiger partial charge on any atom is -0.302 e. The Bertz CT molecular complexity index is 909. The summed E-state index contributed by atoms with van der Waals surface area (Å²) in [7, 11) is 3.91. The Morgan fingerprint density at radius 3 is 2.72 bits per heavy atom. The Kier molecular flexibility index (Phi) is 5.41. The third-order valence-corrected chi connectivity index (χ3v) is 4.55. The molecule has 2 heterocycles. The molecule has 2 aromatic heterocycles. The zero-order chi connectivity index (χ0) is 18.0. The zero-order valence-corrected chi connectivity index (χ0v) is 16.8. The van der Waals surface area contributed by atoms with Gasteiger partial charge in [-0.25, -0.2) is 0 Å². The third kappa shape index (κ3) is 3.86. The fourth-order valence-electron chi connectivity index (χ4n) is 2.46. The van der Waals surface area contributed by atoms with E-state index in [4.69, 9.17) is 0 Å². The number of hydrogen-bond acceptors (Lipinski definition) is 5. The number of pyridine rings is 1. The molecule has 0 radical (unpaired) electrons. The lowest BCUT2D eigenvalue weighted by atomic mass is 10.1. The fraction of sp³-hybridized carbons (Fsp3) is 0.176. The van der Waals surface area contributed by atoms with E-state index in [1.54, 1.807) is 36.8 Å². The molecule has 0 spiro atoms. The smallest absolute Gasteiger partial charge is 0.213 e. The van der Waals surface area contributed by atoms with Crippen molar-refractivity contribution in [2.75, 3.05) is 14.1 Å². The predicted octanol–water partition coefficient (Wildman–Crippen LogP) is 3.48. The number of halogens is 2. The number of carbonyl (C=O) groups is 1. The van der Waals surface area contributed by atoms with E-state index < -0.39 is 0 Å². The van der Waals surface area contributed by atoms with Crippen molar-refractivity contribution >= 4 is 37.6 Å². The van der Waals surface area contributed by atoms with Gasteiger partial charge >= 0.3 is 0 Å². The highest BCUT2D eigenvalue weighted by Crippen LogP contribution is 2.31. The van der Waals surface area contributed by atoms with Crippen LogP contribution in [-0.4, -0.2) is 44.5 Å². The lowest BCUT2D eigenvalue weighted by Gasteiger charge is -2.16. The molecule has 0 atom stereocenters. The molecule has 6 nitrogen and oxygen atoms in total. The third-order valence-electron chi connectivity index (χ3n) is 3.49. The highest BCUT2D eigenvalue weighted by molar-refractivity contribution is 9.11. The number of hydrogen-bond donors (Lipinski definition) is 0. The monoisotopic (exact) mass is 463 g/mol. The predicted molar refractivity (Wildman–Crippen MR) is 102 cm³/mol. The van der Waals surface area contributed by atoms with Crippen LogP contribution in [0.3, 0.4) is 0 Å². The van der Waals surface area contributed by atoms with E-state index in [0.29, 0.717) is 23.5 Å². The van der Waals surface area contributed by atoms with E-state index in [0.717, 1.165) is 14.8 Å². The van der Waals surface area contributed by atoms with Crippen molar-refractivity contribution in [1.82, 2.24) is 24.6 Å². The van der Waals surface area contributed by atoms with Crippen molar-refractivity contribution in [3.63, 3.8) is 0 Å². The average molecular weight is 465 g/mol. The molecule has 0 aliphatic carbocycles. The molecular weight excluding hydrogens is 450 g/mol. The first-order chi connectivity index (χ1) is 12.0. The molecule has 0 saturated heterocycles. The van der Waals surface area contributed by atoms with Crippen molar-refractivity contribution in [3.05, 3.63) is 68.9 Å². The van der Waals surface area contributed by atoms with Crippen molar-refractivity contribution < 1.29 is 4.79 Å². The van der Waals surface area contributed by atoms with Gasteiger partial charge in [-0.1, -0.05) is 22.0 Å². The van der Waals surface area contributed by atoms with Crippen LogP contribution < -0.4 is 0 Å². The second kappa shape index (κ2) is 7.55. The standard InChI is InChI=1S/C17H15Br2N5O/c1-23(2)9-15-22-21-10-24(15)16-12(7-11(18)8-13(16)19)17(25)14-5-3-4-6-20-14/h3-8,10H,9H2,1-2H3. The van der Waals surface area contributed by atoms with E-state index in [1.165, 1.54) is 0 Å². The van der Waals surface area contributed by atoms with Gasteiger partial charge in [0.1, 0.15) is 12.0 Å². The molecule has 0 aliphatic heterocycles. The first kappa shape index (κ1) is 17.9. The maximum absolute atomic E-state index is 13.0. The Hall–Kier alpha value is -1.90. The summed E-state index contributed by atoms with van der Waals surface area (Å²) >= 11 is 7.03. The maximum Gasteiger partial charge on any atom is 0.213 e. The molecular formula is C17H15Br2N5O. The van der Waals surface area contributed by atoms with E-state index in [9.17, 15) is 4.79 Å². The van der Waals surface area contributed by atoms with Gasteiger partial charge in [0, 0.05) is 15.1 Å². The molecule has 25 heavy (non-hydrogen) atoms. The van der Waals surface area contributed by atoms with E-state index in [2.05, 4.69) is 47.0 Å². The lowest BCUT2D eigenvalue weighted by Crippen LogP contribution is -2.17. The van der Waals surface area contributed by atoms with Gasteiger partial charge < -0.3 is 4.90 Å². The summed E-state index contributed by atoms with van der Waals surface area (Å²) in [6, 6.07) is 8.96. The molecule has 0 amide bonds. The summed E-state index contributed by atoms with van der Waals surface area (Å²) in [6.45, 7) is 0.597. The van der Waals surface area contributed by atoms with Gasteiger partial charge in [0.25, 0.3) is 0 Å². The minimum atomic E-state index is -0.165. The molecule has 0 bridgehead atoms. The Labute approximate surface area is 162 Å². The molecule has 0 unspecified atom stereocenters. The van der Waals surface area contributed by atoms with Gasteiger partial charge in [0.2, 0.25) is 5.78 Å². The molecule has 1 aromatic carbocycles. The van der Waals surface area contributed by atoms with Gasteiger partial charge in [-0.2, -0.15) is 0 Å². The quantitative estimate of drug-likeness (QED) is 0.541. The van der Waals surface area contributed by atoms with Crippen molar-refractivity contribution in [2.45, 2.75) is 6.54 Å². The number of benzene rings is 1. The summed E-state index contributed by atoms with van der Waals surface area (Å²) in [5, 5.41) is 8.20. The summed E-state index contributed by atoms with van der Waals surface area (Å²) in [6.07, 6.45) is 3.22. The number of nitrogens with zero attached hydrogens (tertiary/aromatic N) is 5. The normalized spacial score (nSPS) is 11.1. The fourth-order valence-corrected chi connectivity index (χ4v) is 3.87. The Balaban J connectivity index is 2.18. The van der Waals surface area contributed by atoms with Crippen LogP contribution >= 0.6 is 31.9 Å². The summed E-state index contributed by atoms with van der Waals surface area (Å²) in [5.74, 6) is 0.574. The molecule has 0 aliphatic rings. The molecule has 0 N–H and O–H groups in total. The van der Waals surface area contributed by atoms with Crippen LogP contribution in [0.25, 0.3) is 5.69 Å². The second-order valence-electron chi connectivity index (χ2n) is 5.68. The first-order valence-corrected chi connectivity index (χ1v) is 9.04. The molecule has 3 aromatic rings. The minimum absolute atomic E-state index is 0.165. The second-order valence-corrected chi connectivity index (χ2v) is 7.45. The molecule has 0 fully saturated rings. The number of rotatable bonds is 5. The van der Waals surface area contributed by atoms with Crippen LogP contribution in [0.1, 0.15) is 21.9 Å². The number of ketones is 1. The van der Waals surface area contributed by atoms with Crippen LogP contribution in [0.2, 0.25) is 0 Å².